The number of ether oxygens (including phenoxy) is 1. The molecule has 3 N–H and O–H groups in total. The minimum atomic E-state index is 0.0158. The Morgan fingerprint density at radius 2 is 2.06 bits per heavy atom. The zero-order valence-electron chi connectivity index (χ0n) is 10.7. The lowest BCUT2D eigenvalue weighted by Crippen LogP contribution is -2.51. The van der Waals surface area contributed by atoms with Crippen LogP contribution in [-0.4, -0.2) is 31.7 Å². The molecule has 1 saturated carbocycles. The average Bonchev–Trinajstić information content (AvgIpc) is 2.48. The zero-order valence-corrected chi connectivity index (χ0v) is 10.7. The minimum absolute atomic E-state index is 0.0158. The van der Waals surface area contributed by atoms with Crippen molar-refractivity contribution in [3.05, 3.63) is 0 Å². The number of carbonyl (C=O) groups excluding carboxylic acids is 1. The van der Waals surface area contributed by atoms with Crippen LogP contribution < -0.4 is 11.1 Å². The Bertz CT molecular complexity index is 277. The Hall–Kier alpha value is -0.610. The van der Waals surface area contributed by atoms with Crippen LogP contribution in [-0.2, 0) is 9.53 Å². The van der Waals surface area contributed by atoms with Gasteiger partial charge in [-0.25, -0.2) is 0 Å². The molecule has 0 radical (unpaired) electrons. The molecule has 1 aliphatic carbocycles. The van der Waals surface area contributed by atoms with E-state index in [1.807, 2.05) is 0 Å². The molecule has 0 aromatic carbocycles. The van der Waals surface area contributed by atoms with Crippen LogP contribution in [0.15, 0.2) is 0 Å². The second-order valence-electron chi connectivity index (χ2n) is 5.93. The van der Waals surface area contributed by atoms with Crippen molar-refractivity contribution in [3.63, 3.8) is 0 Å². The Balaban J connectivity index is 1.81. The zero-order chi connectivity index (χ0) is 12.3. The summed E-state index contributed by atoms with van der Waals surface area (Å²) in [6.45, 7) is 4.37. The molecular formula is C13H24N2O2. The summed E-state index contributed by atoms with van der Waals surface area (Å²) >= 11 is 0. The van der Waals surface area contributed by atoms with Gasteiger partial charge in [-0.05, 0) is 12.8 Å². The molecule has 17 heavy (non-hydrogen) atoms. The van der Waals surface area contributed by atoms with Gasteiger partial charge in [0.05, 0.1) is 19.1 Å². The predicted molar refractivity (Wildman–Crippen MR) is 66.5 cm³/mol. The van der Waals surface area contributed by atoms with Gasteiger partial charge in [0.15, 0.2) is 0 Å². The smallest absolute Gasteiger partial charge is 0.224 e. The molecule has 1 heterocycles. The maximum atomic E-state index is 12.1. The van der Waals surface area contributed by atoms with Crippen molar-refractivity contribution in [1.82, 2.24) is 5.32 Å². The normalized spacial score (nSPS) is 32.4. The molecule has 98 valence electrons. The summed E-state index contributed by atoms with van der Waals surface area (Å²) in [6.07, 6.45) is 5.43. The summed E-state index contributed by atoms with van der Waals surface area (Å²) in [5.41, 5.74) is 6.22. The van der Waals surface area contributed by atoms with Gasteiger partial charge in [0, 0.05) is 18.0 Å². The number of hydrogen-bond acceptors (Lipinski definition) is 3. The quantitative estimate of drug-likeness (QED) is 0.725. The van der Waals surface area contributed by atoms with Gasteiger partial charge in [0.2, 0.25) is 5.91 Å². The Morgan fingerprint density at radius 3 is 2.71 bits per heavy atom. The number of nitrogens with two attached hydrogens (primary N) is 1. The molecule has 1 amide bonds. The summed E-state index contributed by atoms with van der Waals surface area (Å²) in [7, 11) is 0. The predicted octanol–water partition coefficient (Wildman–Crippen LogP) is 1.05. The van der Waals surface area contributed by atoms with Gasteiger partial charge < -0.3 is 15.8 Å². The van der Waals surface area contributed by atoms with Gasteiger partial charge in [-0.3, -0.25) is 4.79 Å². The fraction of sp³-hybridized carbons (Fsp3) is 0.923. The highest BCUT2D eigenvalue weighted by Crippen LogP contribution is 2.26. The van der Waals surface area contributed by atoms with Crippen LogP contribution in [0.4, 0.5) is 0 Å². The Kier molecular flexibility index (Phi) is 4.05. The van der Waals surface area contributed by atoms with Crippen molar-refractivity contribution in [1.29, 1.82) is 0 Å². The molecule has 4 nitrogen and oxygen atoms in total. The average molecular weight is 240 g/mol. The minimum Gasteiger partial charge on any atom is -0.380 e. The first-order valence-electron chi connectivity index (χ1n) is 6.72. The fourth-order valence-corrected chi connectivity index (χ4v) is 2.65. The summed E-state index contributed by atoms with van der Waals surface area (Å²) in [6, 6.07) is 0.0444. The molecule has 4 heteroatoms. The van der Waals surface area contributed by atoms with Gasteiger partial charge in [0.25, 0.3) is 0 Å². The van der Waals surface area contributed by atoms with E-state index >= 15 is 0 Å². The molecule has 2 unspecified atom stereocenters. The molecule has 1 aliphatic heterocycles. The molecule has 2 fully saturated rings. The van der Waals surface area contributed by atoms with E-state index < -0.39 is 0 Å². The van der Waals surface area contributed by atoms with Gasteiger partial charge in [-0.1, -0.05) is 26.2 Å². The topological polar surface area (TPSA) is 64.4 Å². The van der Waals surface area contributed by atoms with E-state index in [0.717, 1.165) is 45.4 Å². The number of amides is 1. The highest BCUT2D eigenvalue weighted by atomic mass is 16.5. The SMILES string of the molecule is CC1(CNC(=O)C2CCCCCC2N)COC1. The third-order valence-electron chi connectivity index (χ3n) is 4.00. The maximum Gasteiger partial charge on any atom is 0.224 e. The Labute approximate surface area is 103 Å². The molecule has 0 aromatic heterocycles. The van der Waals surface area contributed by atoms with Crippen molar-refractivity contribution >= 4 is 5.91 Å². The second-order valence-corrected chi connectivity index (χ2v) is 5.93. The first-order chi connectivity index (χ1) is 8.11. The molecule has 2 aliphatic rings. The first-order valence-corrected chi connectivity index (χ1v) is 6.72. The summed E-state index contributed by atoms with van der Waals surface area (Å²) < 4.78 is 5.18. The standard InChI is InChI=1S/C13H24N2O2/c1-13(8-17-9-13)7-15-12(16)10-5-3-2-4-6-11(10)14/h10-11H,2-9,14H2,1H3,(H,15,16). The van der Waals surface area contributed by atoms with Crippen molar-refractivity contribution in [2.24, 2.45) is 17.1 Å². The van der Waals surface area contributed by atoms with Crippen molar-refractivity contribution in [2.45, 2.75) is 45.1 Å². The number of rotatable bonds is 3. The van der Waals surface area contributed by atoms with Crippen LogP contribution in [0.3, 0.4) is 0 Å². The summed E-state index contributed by atoms with van der Waals surface area (Å²) in [5, 5.41) is 3.05. The van der Waals surface area contributed by atoms with E-state index in [-0.39, 0.29) is 23.3 Å². The van der Waals surface area contributed by atoms with Crippen LogP contribution in [0, 0.1) is 11.3 Å². The van der Waals surface area contributed by atoms with Crippen molar-refractivity contribution in [2.75, 3.05) is 19.8 Å². The fourth-order valence-electron chi connectivity index (χ4n) is 2.65. The van der Waals surface area contributed by atoms with E-state index in [1.165, 1.54) is 6.42 Å². The largest absolute Gasteiger partial charge is 0.380 e. The molecule has 2 atom stereocenters. The highest BCUT2D eigenvalue weighted by molar-refractivity contribution is 5.79. The third-order valence-corrected chi connectivity index (χ3v) is 4.00. The van der Waals surface area contributed by atoms with Crippen LogP contribution in [0.1, 0.15) is 39.0 Å². The lowest BCUT2D eigenvalue weighted by molar-refractivity contribution is -0.131. The number of nitrogens with one attached hydrogen (secondary N) is 1. The van der Waals surface area contributed by atoms with E-state index in [9.17, 15) is 4.79 Å². The monoisotopic (exact) mass is 240 g/mol. The van der Waals surface area contributed by atoms with Gasteiger partial charge in [-0.15, -0.1) is 0 Å². The third kappa shape index (κ3) is 3.19. The molecular weight excluding hydrogens is 216 g/mol. The van der Waals surface area contributed by atoms with Gasteiger partial charge in [-0.2, -0.15) is 0 Å². The summed E-state index contributed by atoms with van der Waals surface area (Å²) in [5.74, 6) is 0.162. The first kappa shape index (κ1) is 12.8. The second kappa shape index (κ2) is 5.36. The molecule has 0 aromatic rings. The number of carbonyl (C=O) groups is 1. The van der Waals surface area contributed by atoms with Crippen molar-refractivity contribution in [3.8, 4) is 0 Å². The van der Waals surface area contributed by atoms with Crippen LogP contribution in [0.25, 0.3) is 0 Å². The molecule has 1 saturated heterocycles. The van der Waals surface area contributed by atoms with Gasteiger partial charge >= 0.3 is 0 Å². The van der Waals surface area contributed by atoms with Crippen molar-refractivity contribution < 1.29 is 9.53 Å². The van der Waals surface area contributed by atoms with Crippen LogP contribution in [0.5, 0.6) is 0 Å². The molecule has 2 rings (SSSR count). The van der Waals surface area contributed by atoms with Gasteiger partial charge in [0.1, 0.15) is 0 Å². The maximum absolute atomic E-state index is 12.1. The van der Waals surface area contributed by atoms with Crippen LogP contribution in [0.2, 0.25) is 0 Å². The molecule has 0 bridgehead atoms. The van der Waals surface area contributed by atoms with E-state index in [2.05, 4.69) is 12.2 Å². The van der Waals surface area contributed by atoms with Crippen LogP contribution >= 0.6 is 0 Å². The number of hydrogen-bond donors (Lipinski definition) is 2. The lowest BCUT2D eigenvalue weighted by Gasteiger charge is -2.38. The summed E-state index contributed by atoms with van der Waals surface area (Å²) in [4.78, 5) is 12.1. The highest BCUT2D eigenvalue weighted by Gasteiger charge is 2.35. The lowest BCUT2D eigenvalue weighted by atomic mass is 9.88. The van der Waals surface area contributed by atoms with E-state index in [0.29, 0.717) is 0 Å². The Morgan fingerprint density at radius 1 is 1.35 bits per heavy atom. The van der Waals surface area contributed by atoms with E-state index in [1.54, 1.807) is 0 Å². The van der Waals surface area contributed by atoms with E-state index in [4.69, 9.17) is 10.5 Å². The molecule has 0 spiro atoms.